The van der Waals surface area contributed by atoms with Gasteiger partial charge in [-0.3, -0.25) is 4.98 Å². The Morgan fingerprint density at radius 3 is 2.95 bits per heavy atom. The standard InChI is InChI=1S/C14H23N3O2S/c1-3-5-12-7-9-17(11-12)20(18,19)14-10-15-8-6-13(14)16-4-2/h6,8,10,12H,3-5,7,9,11H2,1-2H3,(H,15,16). The number of hydrogen-bond acceptors (Lipinski definition) is 4. The summed E-state index contributed by atoms with van der Waals surface area (Å²) in [6.45, 7) is 6.03. The highest BCUT2D eigenvalue weighted by molar-refractivity contribution is 7.89. The van der Waals surface area contributed by atoms with Crippen LogP contribution in [0.1, 0.15) is 33.1 Å². The third-order valence-corrected chi connectivity index (χ3v) is 5.61. The first-order valence-electron chi connectivity index (χ1n) is 7.27. The summed E-state index contributed by atoms with van der Waals surface area (Å²) in [5.41, 5.74) is 0.640. The van der Waals surface area contributed by atoms with Gasteiger partial charge in [0.1, 0.15) is 4.90 Å². The Kier molecular flexibility index (Phi) is 4.99. The van der Waals surface area contributed by atoms with Crippen LogP contribution in [0.3, 0.4) is 0 Å². The van der Waals surface area contributed by atoms with Crippen LogP contribution in [0.15, 0.2) is 23.4 Å². The van der Waals surface area contributed by atoms with Crippen molar-refractivity contribution in [3.05, 3.63) is 18.5 Å². The van der Waals surface area contributed by atoms with Crippen molar-refractivity contribution in [2.24, 2.45) is 5.92 Å². The Morgan fingerprint density at radius 2 is 2.25 bits per heavy atom. The van der Waals surface area contributed by atoms with Crippen LogP contribution in [-0.4, -0.2) is 37.3 Å². The first kappa shape index (κ1) is 15.3. The summed E-state index contributed by atoms with van der Waals surface area (Å²) in [6.07, 6.45) is 6.22. The molecule has 1 aromatic heterocycles. The van der Waals surface area contributed by atoms with Crippen molar-refractivity contribution in [2.75, 3.05) is 25.0 Å². The molecule has 112 valence electrons. The zero-order valence-corrected chi connectivity index (χ0v) is 13.0. The van der Waals surface area contributed by atoms with E-state index in [0.29, 0.717) is 36.1 Å². The molecule has 0 amide bonds. The average molecular weight is 297 g/mol. The molecule has 1 aliphatic heterocycles. The lowest BCUT2D eigenvalue weighted by atomic mass is 10.0. The van der Waals surface area contributed by atoms with Gasteiger partial charge >= 0.3 is 0 Å². The summed E-state index contributed by atoms with van der Waals surface area (Å²) < 4.78 is 27.1. The van der Waals surface area contributed by atoms with Crippen LogP contribution < -0.4 is 5.32 Å². The van der Waals surface area contributed by atoms with Gasteiger partial charge in [0.2, 0.25) is 10.0 Å². The van der Waals surface area contributed by atoms with E-state index in [1.807, 2.05) is 6.92 Å². The van der Waals surface area contributed by atoms with Gasteiger partial charge in [-0.2, -0.15) is 4.31 Å². The fourth-order valence-corrected chi connectivity index (χ4v) is 4.36. The second kappa shape index (κ2) is 6.54. The predicted molar refractivity (Wildman–Crippen MR) is 80.2 cm³/mol. The van der Waals surface area contributed by atoms with Crippen molar-refractivity contribution >= 4 is 15.7 Å². The van der Waals surface area contributed by atoms with E-state index in [-0.39, 0.29) is 0 Å². The molecule has 1 unspecified atom stereocenters. The second-order valence-electron chi connectivity index (χ2n) is 5.21. The molecule has 1 N–H and O–H groups in total. The summed E-state index contributed by atoms with van der Waals surface area (Å²) in [5.74, 6) is 0.494. The molecule has 0 radical (unpaired) electrons. The minimum atomic E-state index is -3.43. The summed E-state index contributed by atoms with van der Waals surface area (Å²) in [5, 5.41) is 3.10. The molecule has 0 aromatic carbocycles. The van der Waals surface area contributed by atoms with Crippen LogP contribution in [0.4, 0.5) is 5.69 Å². The zero-order chi connectivity index (χ0) is 14.6. The molecule has 6 heteroatoms. The van der Waals surface area contributed by atoms with Crippen molar-refractivity contribution in [3.8, 4) is 0 Å². The molecule has 0 saturated carbocycles. The normalized spacial score (nSPS) is 20.2. The quantitative estimate of drug-likeness (QED) is 0.875. The van der Waals surface area contributed by atoms with Gasteiger partial charge in [-0.05, 0) is 31.7 Å². The molecule has 1 atom stereocenters. The van der Waals surface area contributed by atoms with Gasteiger partial charge in [-0.25, -0.2) is 8.42 Å². The molecule has 1 fully saturated rings. The van der Waals surface area contributed by atoms with Crippen LogP contribution >= 0.6 is 0 Å². The number of sulfonamides is 1. The monoisotopic (exact) mass is 297 g/mol. The highest BCUT2D eigenvalue weighted by Crippen LogP contribution is 2.29. The Hall–Kier alpha value is -1.14. The minimum Gasteiger partial charge on any atom is -0.384 e. The van der Waals surface area contributed by atoms with E-state index in [2.05, 4.69) is 17.2 Å². The zero-order valence-electron chi connectivity index (χ0n) is 12.2. The maximum atomic E-state index is 12.7. The van der Waals surface area contributed by atoms with Gasteiger partial charge in [0, 0.05) is 32.0 Å². The predicted octanol–water partition coefficient (Wildman–Crippen LogP) is 2.32. The van der Waals surface area contributed by atoms with E-state index in [4.69, 9.17) is 0 Å². The van der Waals surface area contributed by atoms with Crippen LogP contribution in [0.25, 0.3) is 0 Å². The molecule has 1 saturated heterocycles. The lowest BCUT2D eigenvalue weighted by molar-refractivity contribution is 0.444. The number of rotatable bonds is 6. The number of nitrogens with zero attached hydrogens (tertiary/aromatic N) is 2. The third-order valence-electron chi connectivity index (χ3n) is 3.72. The van der Waals surface area contributed by atoms with E-state index in [9.17, 15) is 8.42 Å². The molecular weight excluding hydrogens is 274 g/mol. The molecule has 20 heavy (non-hydrogen) atoms. The maximum absolute atomic E-state index is 12.7. The van der Waals surface area contributed by atoms with Gasteiger partial charge in [-0.1, -0.05) is 13.3 Å². The molecule has 1 aromatic rings. The summed E-state index contributed by atoms with van der Waals surface area (Å²) >= 11 is 0. The van der Waals surface area contributed by atoms with Crippen molar-refractivity contribution in [2.45, 2.75) is 38.0 Å². The molecule has 0 spiro atoms. The smallest absolute Gasteiger partial charge is 0.246 e. The largest absolute Gasteiger partial charge is 0.384 e. The van der Waals surface area contributed by atoms with Gasteiger partial charge in [0.15, 0.2) is 0 Å². The summed E-state index contributed by atoms with van der Waals surface area (Å²) in [4.78, 5) is 4.27. The van der Waals surface area contributed by atoms with E-state index in [0.717, 1.165) is 19.3 Å². The SMILES string of the molecule is CCCC1CCN(S(=O)(=O)c2cnccc2NCC)C1. The molecule has 2 rings (SSSR count). The van der Waals surface area contributed by atoms with Gasteiger partial charge < -0.3 is 5.32 Å². The van der Waals surface area contributed by atoms with E-state index < -0.39 is 10.0 Å². The fourth-order valence-electron chi connectivity index (χ4n) is 2.72. The lowest BCUT2D eigenvalue weighted by Crippen LogP contribution is -2.29. The van der Waals surface area contributed by atoms with E-state index >= 15 is 0 Å². The Labute approximate surface area is 121 Å². The highest BCUT2D eigenvalue weighted by atomic mass is 32.2. The molecule has 5 nitrogen and oxygen atoms in total. The van der Waals surface area contributed by atoms with Crippen LogP contribution in [0.5, 0.6) is 0 Å². The number of hydrogen-bond donors (Lipinski definition) is 1. The van der Waals surface area contributed by atoms with Crippen LogP contribution in [0.2, 0.25) is 0 Å². The van der Waals surface area contributed by atoms with Crippen molar-refractivity contribution in [3.63, 3.8) is 0 Å². The summed E-state index contributed by atoms with van der Waals surface area (Å²) in [7, 11) is -3.43. The second-order valence-corrected chi connectivity index (χ2v) is 7.11. The van der Waals surface area contributed by atoms with Crippen molar-refractivity contribution in [1.82, 2.24) is 9.29 Å². The number of aromatic nitrogens is 1. The number of nitrogens with one attached hydrogen (secondary N) is 1. The van der Waals surface area contributed by atoms with E-state index in [1.165, 1.54) is 6.20 Å². The molecular formula is C14H23N3O2S. The molecule has 0 aliphatic carbocycles. The number of pyridine rings is 1. The minimum absolute atomic E-state index is 0.291. The number of anilines is 1. The maximum Gasteiger partial charge on any atom is 0.246 e. The van der Waals surface area contributed by atoms with E-state index in [1.54, 1.807) is 16.6 Å². The Balaban J connectivity index is 2.23. The van der Waals surface area contributed by atoms with Crippen molar-refractivity contribution < 1.29 is 8.42 Å². The van der Waals surface area contributed by atoms with Crippen LogP contribution in [-0.2, 0) is 10.0 Å². The Bertz CT molecular complexity index is 545. The topological polar surface area (TPSA) is 62.3 Å². The molecule has 1 aliphatic rings. The first-order chi connectivity index (χ1) is 9.59. The molecule has 2 heterocycles. The Morgan fingerprint density at radius 1 is 1.45 bits per heavy atom. The van der Waals surface area contributed by atoms with Gasteiger partial charge in [-0.15, -0.1) is 0 Å². The van der Waals surface area contributed by atoms with Crippen LogP contribution in [0, 0.1) is 5.92 Å². The van der Waals surface area contributed by atoms with Gasteiger partial charge in [0.25, 0.3) is 0 Å². The highest BCUT2D eigenvalue weighted by Gasteiger charge is 2.33. The summed E-state index contributed by atoms with van der Waals surface area (Å²) in [6, 6.07) is 1.72. The average Bonchev–Trinajstić information content (AvgIpc) is 2.89. The van der Waals surface area contributed by atoms with Crippen molar-refractivity contribution in [1.29, 1.82) is 0 Å². The molecule has 0 bridgehead atoms. The lowest BCUT2D eigenvalue weighted by Gasteiger charge is -2.18. The fraction of sp³-hybridized carbons (Fsp3) is 0.643. The first-order valence-corrected chi connectivity index (χ1v) is 8.71. The third kappa shape index (κ3) is 3.12. The van der Waals surface area contributed by atoms with Gasteiger partial charge in [0.05, 0.1) is 5.69 Å².